The predicted octanol–water partition coefficient (Wildman–Crippen LogP) is -0.271. The number of carbonyl (C=O) groups excluding carboxylic acids is 3. The van der Waals surface area contributed by atoms with Gasteiger partial charge in [-0.1, -0.05) is 32.0 Å². The average Bonchev–Trinajstić information content (AvgIpc) is 3.21. The van der Waals surface area contributed by atoms with Gasteiger partial charge < -0.3 is 36.9 Å². The van der Waals surface area contributed by atoms with Gasteiger partial charge in [-0.15, -0.1) is 0 Å². The quantitative estimate of drug-likeness (QED) is 0.199. The van der Waals surface area contributed by atoms with Gasteiger partial charge >= 0.3 is 11.9 Å². The second kappa shape index (κ2) is 12.5. The van der Waals surface area contributed by atoms with E-state index in [0.29, 0.717) is 5.56 Å². The highest BCUT2D eigenvalue weighted by Crippen LogP contribution is 2.19. The van der Waals surface area contributed by atoms with Gasteiger partial charge in [-0.25, -0.2) is 0 Å². The minimum absolute atomic E-state index is 0.0201. The van der Waals surface area contributed by atoms with E-state index >= 15 is 0 Å². The number of nitrogens with two attached hydrogens (primary N) is 1. The molecule has 0 saturated carbocycles. The number of hydrogen-bond donors (Lipinski definition) is 7. The average molecular weight is 490 g/mol. The van der Waals surface area contributed by atoms with Crippen LogP contribution in [0, 0.1) is 5.92 Å². The maximum Gasteiger partial charge on any atom is 0.322 e. The van der Waals surface area contributed by atoms with Crippen LogP contribution >= 0.6 is 0 Å². The zero-order valence-corrected chi connectivity index (χ0v) is 19.5. The molecule has 35 heavy (non-hydrogen) atoms. The highest BCUT2D eigenvalue weighted by Gasteiger charge is 2.30. The molecule has 0 aliphatic rings. The van der Waals surface area contributed by atoms with E-state index in [4.69, 9.17) is 15.9 Å². The summed E-state index contributed by atoms with van der Waals surface area (Å²) >= 11 is 0. The fourth-order valence-electron chi connectivity index (χ4n) is 3.40. The van der Waals surface area contributed by atoms with Crippen LogP contribution in [-0.2, 0) is 30.4 Å². The molecule has 190 valence electrons. The molecule has 2 rings (SSSR count). The number of H-pyrrole nitrogens is 1. The fourth-order valence-corrected chi connectivity index (χ4v) is 3.40. The van der Waals surface area contributed by atoms with Crippen molar-refractivity contribution in [1.29, 1.82) is 0 Å². The number of rotatable bonds is 13. The first-order valence-electron chi connectivity index (χ1n) is 11.1. The van der Waals surface area contributed by atoms with E-state index in [2.05, 4.69) is 20.9 Å². The Labute approximate surface area is 201 Å². The van der Waals surface area contributed by atoms with Crippen molar-refractivity contribution < 1.29 is 34.2 Å². The molecule has 0 aliphatic heterocycles. The first-order chi connectivity index (χ1) is 16.5. The smallest absolute Gasteiger partial charge is 0.322 e. The van der Waals surface area contributed by atoms with E-state index in [1.54, 1.807) is 20.0 Å². The highest BCUT2D eigenvalue weighted by atomic mass is 16.4. The molecule has 0 fully saturated rings. The lowest BCUT2D eigenvalue weighted by Crippen LogP contribution is -2.57. The maximum absolute atomic E-state index is 13.1. The van der Waals surface area contributed by atoms with E-state index in [-0.39, 0.29) is 18.8 Å². The molecule has 12 heteroatoms. The summed E-state index contributed by atoms with van der Waals surface area (Å²) in [6.45, 7) is 2.79. The number of benzene rings is 1. The minimum Gasteiger partial charge on any atom is -0.481 e. The molecular weight excluding hydrogens is 458 g/mol. The number of amides is 3. The molecule has 0 bridgehead atoms. The largest absolute Gasteiger partial charge is 0.481 e. The Bertz CT molecular complexity index is 1080. The molecule has 0 aliphatic carbocycles. The topological polar surface area (TPSA) is 204 Å². The molecule has 8 N–H and O–H groups in total. The van der Waals surface area contributed by atoms with Crippen LogP contribution in [0.4, 0.5) is 0 Å². The van der Waals surface area contributed by atoms with E-state index in [1.807, 2.05) is 24.3 Å². The van der Waals surface area contributed by atoms with Crippen LogP contribution < -0.4 is 21.7 Å². The van der Waals surface area contributed by atoms with Crippen molar-refractivity contribution in [3.8, 4) is 0 Å². The van der Waals surface area contributed by atoms with Crippen molar-refractivity contribution in [3.63, 3.8) is 0 Å². The zero-order valence-electron chi connectivity index (χ0n) is 19.5. The monoisotopic (exact) mass is 489 g/mol. The number of carbonyl (C=O) groups is 5. The van der Waals surface area contributed by atoms with Crippen molar-refractivity contribution in [3.05, 3.63) is 36.0 Å². The Morgan fingerprint density at radius 3 is 2.23 bits per heavy atom. The lowest BCUT2D eigenvalue weighted by atomic mass is 10.0. The van der Waals surface area contributed by atoms with Crippen LogP contribution in [0.15, 0.2) is 30.5 Å². The summed E-state index contributed by atoms with van der Waals surface area (Å²) in [6, 6.07) is 3.94. The van der Waals surface area contributed by atoms with E-state index in [0.717, 1.165) is 10.9 Å². The molecule has 1 heterocycles. The van der Waals surface area contributed by atoms with Gasteiger partial charge in [0, 0.05) is 29.9 Å². The number of aromatic nitrogens is 1. The maximum atomic E-state index is 13.1. The lowest BCUT2D eigenvalue weighted by Gasteiger charge is -2.24. The van der Waals surface area contributed by atoms with Crippen molar-refractivity contribution in [2.24, 2.45) is 11.7 Å². The Morgan fingerprint density at radius 2 is 1.60 bits per heavy atom. The van der Waals surface area contributed by atoms with Crippen LogP contribution in [-0.4, -0.2) is 69.5 Å². The summed E-state index contributed by atoms with van der Waals surface area (Å²) in [4.78, 5) is 63.3. The van der Waals surface area contributed by atoms with Crippen LogP contribution in [0.5, 0.6) is 0 Å². The molecule has 0 saturated heterocycles. The Hall–Kier alpha value is -3.93. The van der Waals surface area contributed by atoms with Crippen molar-refractivity contribution >= 4 is 40.6 Å². The third-order valence-electron chi connectivity index (χ3n) is 5.45. The summed E-state index contributed by atoms with van der Waals surface area (Å²) in [5.74, 6) is -4.81. The van der Waals surface area contributed by atoms with Crippen LogP contribution in [0.1, 0.15) is 32.3 Å². The van der Waals surface area contributed by atoms with Crippen molar-refractivity contribution in [2.75, 3.05) is 6.54 Å². The van der Waals surface area contributed by atoms with Crippen molar-refractivity contribution in [2.45, 2.75) is 51.2 Å². The lowest BCUT2D eigenvalue weighted by molar-refractivity contribution is -0.138. The molecule has 12 nitrogen and oxygen atoms in total. The number of aliphatic carboxylic acids is 2. The van der Waals surface area contributed by atoms with Gasteiger partial charge in [-0.2, -0.15) is 0 Å². The second-order valence-corrected chi connectivity index (χ2v) is 8.50. The number of carboxylic acid groups (broad SMARTS) is 2. The van der Waals surface area contributed by atoms with Gasteiger partial charge in [0.05, 0.1) is 6.04 Å². The number of para-hydroxylation sites is 1. The highest BCUT2D eigenvalue weighted by molar-refractivity contribution is 5.94. The first-order valence-corrected chi connectivity index (χ1v) is 11.1. The number of aromatic amines is 1. The van der Waals surface area contributed by atoms with Gasteiger partial charge in [0.15, 0.2) is 0 Å². The summed E-state index contributed by atoms with van der Waals surface area (Å²) in [5, 5.41) is 26.0. The molecule has 0 spiro atoms. The summed E-state index contributed by atoms with van der Waals surface area (Å²) in [7, 11) is 0. The Morgan fingerprint density at radius 1 is 0.943 bits per heavy atom. The third-order valence-corrected chi connectivity index (χ3v) is 5.45. The van der Waals surface area contributed by atoms with Gasteiger partial charge in [0.25, 0.3) is 0 Å². The molecule has 2 aromatic rings. The van der Waals surface area contributed by atoms with E-state index < -0.39 is 60.8 Å². The summed E-state index contributed by atoms with van der Waals surface area (Å²) in [6.07, 6.45) is 1.06. The van der Waals surface area contributed by atoms with Gasteiger partial charge in [-0.05, 0) is 24.0 Å². The number of nitrogens with one attached hydrogen (secondary N) is 4. The van der Waals surface area contributed by atoms with Crippen LogP contribution in [0.25, 0.3) is 10.9 Å². The zero-order chi connectivity index (χ0) is 26.1. The predicted molar refractivity (Wildman–Crippen MR) is 126 cm³/mol. The molecule has 1 aromatic heterocycles. The Kier molecular flexibility index (Phi) is 9.76. The molecule has 3 amide bonds. The van der Waals surface area contributed by atoms with Crippen LogP contribution in [0.3, 0.4) is 0 Å². The van der Waals surface area contributed by atoms with Gasteiger partial charge in [-0.3, -0.25) is 24.0 Å². The van der Waals surface area contributed by atoms with Crippen LogP contribution in [0.2, 0.25) is 0 Å². The van der Waals surface area contributed by atoms with Crippen molar-refractivity contribution in [1.82, 2.24) is 20.9 Å². The number of hydrogen-bond acceptors (Lipinski definition) is 6. The fraction of sp³-hybridized carbons (Fsp3) is 0.435. The Balaban J connectivity index is 2.26. The molecule has 3 atom stereocenters. The minimum atomic E-state index is -1.26. The first kappa shape index (κ1) is 27.3. The van der Waals surface area contributed by atoms with Gasteiger partial charge in [0.1, 0.15) is 18.6 Å². The summed E-state index contributed by atoms with van der Waals surface area (Å²) < 4.78 is 0. The molecule has 3 unspecified atom stereocenters. The molecule has 0 radical (unpaired) electrons. The normalized spacial score (nSPS) is 13.6. The SMILES string of the molecule is CC(C)C(N)C(=O)NC(CCC(=O)O)C(=O)NC(Cc1c[nH]c2ccccc12)C(=O)NCC(=O)O. The van der Waals surface area contributed by atoms with E-state index in [1.165, 1.54) is 0 Å². The third kappa shape index (κ3) is 8.10. The number of fused-ring (bicyclic) bond motifs is 1. The molecular formula is C23H31N5O7. The van der Waals surface area contributed by atoms with Gasteiger partial charge in [0.2, 0.25) is 17.7 Å². The molecule has 1 aromatic carbocycles. The van der Waals surface area contributed by atoms with E-state index in [9.17, 15) is 24.0 Å². The second-order valence-electron chi connectivity index (χ2n) is 8.50. The standard InChI is InChI=1S/C23H31N5O7/c1-12(2)20(24)23(35)27-16(7-8-18(29)30)22(34)28-17(21(33)26-11-19(31)32)9-13-10-25-15-6-4-3-5-14(13)15/h3-6,10,12,16-17,20,25H,7-9,11,24H2,1-2H3,(H,26,33)(H,27,35)(H,28,34)(H,29,30)(H,31,32). The number of carboxylic acids is 2. The summed E-state index contributed by atoms with van der Waals surface area (Å²) in [5.41, 5.74) is 7.35.